The number of rotatable bonds is 2. The van der Waals surface area contributed by atoms with Crippen LogP contribution in [0.1, 0.15) is 38.3 Å². The Hall–Kier alpha value is -1.66. The molecule has 0 radical (unpaired) electrons. The highest BCUT2D eigenvalue weighted by Gasteiger charge is 2.43. The van der Waals surface area contributed by atoms with Crippen molar-refractivity contribution < 1.29 is 10.2 Å². The molecule has 0 saturated heterocycles. The molecule has 6 nitrogen and oxygen atoms in total. The van der Waals surface area contributed by atoms with Gasteiger partial charge in [0, 0.05) is 12.2 Å². The topological polar surface area (TPSA) is 97.2 Å². The van der Waals surface area contributed by atoms with Crippen LogP contribution in [-0.2, 0) is 0 Å². The Bertz CT molecular complexity index is 602. The van der Waals surface area contributed by atoms with Gasteiger partial charge in [0.15, 0.2) is 0 Å². The molecule has 0 spiro atoms. The van der Waals surface area contributed by atoms with Crippen LogP contribution in [0.25, 0.3) is 11.0 Å². The molecule has 3 rings (SSSR count). The lowest BCUT2D eigenvalue weighted by atomic mass is 9.76. The van der Waals surface area contributed by atoms with Crippen LogP contribution in [-0.4, -0.2) is 37.0 Å². The second-order valence-electron chi connectivity index (χ2n) is 5.12. The Kier molecular flexibility index (Phi) is 3.96. The van der Waals surface area contributed by atoms with E-state index in [1.54, 1.807) is 0 Å². The summed E-state index contributed by atoms with van der Waals surface area (Å²) >= 11 is 0. The SMILES string of the molecule is CC.Cc1cn(C2CC(O)(CO)C2)c2ncnc(N)c12. The molecule has 1 fully saturated rings. The number of aromatic nitrogens is 3. The number of anilines is 1. The third-order valence-corrected chi connectivity index (χ3v) is 3.75. The molecule has 0 aromatic carbocycles. The van der Waals surface area contributed by atoms with Gasteiger partial charge >= 0.3 is 0 Å². The summed E-state index contributed by atoms with van der Waals surface area (Å²) in [5, 5.41) is 19.8. The Morgan fingerprint density at radius 2 is 2.05 bits per heavy atom. The first kappa shape index (κ1) is 14.7. The lowest BCUT2D eigenvalue weighted by Crippen LogP contribution is -2.47. The molecule has 0 bridgehead atoms. The van der Waals surface area contributed by atoms with E-state index in [1.165, 1.54) is 6.33 Å². The summed E-state index contributed by atoms with van der Waals surface area (Å²) in [5.41, 5.74) is 6.75. The minimum atomic E-state index is -0.937. The van der Waals surface area contributed by atoms with Gasteiger partial charge in [0.1, 0.15) is 17.8 Å². The molecule has 2 aromatic rings. The van der Waals surface area contributed by atoms with Gasteiger partial charge in [-0.15, -0.1) is 0 Å². The monoisotopic (exact) mass is 278 g/mol. The van der Waals surface area contributed by atoms with Crippen molar-refractivity contribution in [3.05, 3.63) is 18.1 Å². The molecule has 2 aromatic heterocycles. The van der Waals surface area contributed by atoms with Crippen molar-refractivity contribution in [3.63, 3.8) is 0 Å². The second-order valence-corrected chi connectivity index (χ2v) is 5.12. The van der Waals surface area contributed by atoms with Gasteiger partial charge in [-0.25, -0.2) is 9.97 Å². The third-order valence-electron chi connectivity index (χ3n) is 3.75. The van der Waals surface area contributed by atoms with E-state index in [0.29, 0.717) is 18.7 Å². The molecule has 4 N–H and O–H groups in total. The minimum Gasteiger partial charge on any atom is -0.393 e. The first-order valence-electron chi connectivity index (χ1n) is 6.95. The Labute approximate surface area is 118 Å². The van der Waals surface area contributed by atoms with Crippen molar-refractivity contribution in [1.29, 1.82) is 0 Å². The summed E-state index contributed by atoms with van der Waals surface area (Å²) in [6.45, 7) is 5.77. The van der Waals surface area contributed by atoms with Crippen LogP contribution in [0.15, 0.2) is 12.5 Å². The van der Waals surface area contributed by atoms with Crippen LogP contribution in [0.5, 0.6) is 0 Å². The van der Waals surface area contributed by atoms with Crippen LogP contribution in [0, 0.1) is 6.92 Å². The number of hydrogen-bond acceptors (Lipinski definition) is 5. The average molecular weight is 278 g/mol. The van der Waals surface area contributed by atoms with Gasteiger partial charge in [0.05, 0.1) is 17.6 Å². The van der Waals surface area contributed by atoms with Crippen molar-refractivity contribution in [2.75, 3.05) is 12.3 Å². The molecule has 110 valence electrons. The summed E-state index contributed by atoms with van der Waals surface area (Å²) in [6.07, 6.45) is 4.51. The van der Waals surface area contributed by atoms with Crippen LogP contribution < -0.4 is 5.73 Å². The summed E-state index contributed by atoms with van der Waals surface area (Å²) in [6, 6.07) is 0.160. The number of hydrogen-bond donors (Lipinski definition) is 3. The molecule has 2 heterocycles. The van der Waals surface area contributed by atoms with Crippen molar-refractivity contribution in [2.24, 2.45) is 0 Å². The van der Waals surface area contributed by atoms with Crippen molar-refractivity contribution >= 4 is 16.9 Å². The number of nitrogens with zero attached hydrogens (tertiary/aromatic N) is 3. The lowest BCUT2D eigenvalue weighted by Gasteiger charge is -2.43. The van der Waals surface area contributed by atoms with Gasteiger partial charge in [-0.05, 0) is 25.3 Å². The Morgan fingerprint density at radius 3 is 2.65 bits per heavy atom. The number of fused-ring (bicyclic) bond motifs is 1. The molecule has 1 aliphatic carbocycles. The van der Waals surface area contributed by atoms with Gasteiger partial charge in [-0.2, -0.15) is 0 Å². The molecule has 0 aliphatic heterocycles. The van der Waals surface area contributed by atoms with Gasteiger partial charge < -0.3 is 20.5 Å². The molecular weight excluding hydrogens is 256 g/mol. The quantitative estimate of drug-likeness (QED) is 0.771. The van der Waals surface area contributed by atoms with Crippen LogP contribution in [0.3, 0.4) is 0 Å². The number of aliphatic hydroxyl groups is 2. The second kappa shape index (κ2) is 5.38. The predicted molar refractivity (Wildman–Crippen MR) is 78.3 cm³/mol. The number of aryl methyl sites for hydroxylation is 1. The van der Waals surface area contributed by atoms with Crippen molar-refractivity contribution in [2.45, 2.75) is 45.3 Å². The van der Waals surface area contributed by atoms with E-state index in [1.807, 2.05) is 31.5 Å². The van der Waals surface area contributed by atoms with E-state index in [9.17, 15) is 5.11 Å². The van der Waals surface area contributed by atoms with Crippen LogP contribution >= 0.6 is 0 Å². The molecule has 20 heavy (non-hydrogen) atoms. The fourth-order valence-electron chi connectivity index (χ4n) is 2.72. The molecule has 6 heteroatoms. The summed E-state index contributed by atoms with van der Waals surface area (Å²) in [7, 11) is 0. The van der Waals surface area contributed by atoms with Crippen molar-refractivity contribution in [1.82, 2.24) is 14.5 Å². The van der Waals surface area contributed by atoms with Gasteiger partial charge in [-0.1, -0.05) is 13.8 Å². The number of aliphatic hydroxyl groups excluding tert-OH is 1. The van der Waals surface area contributed by atoms with E-state index < -0.39 is 5.60 Å². The summed E-state index contributed by atoms with van der Waals surface area (Å²) < 4.78 is 2.02. The maximum Gasteiger partial charge on any atom is 0.145 e. The highest BCUT2D eigenvalue weighted by Crippen LogP contribution is 2.43. The third kappa shape index (κ3) is 2.25. The molecular formula is C14H22N4O2. The summed E-state index contributed by atoms with van der Waals surface area (Å²) in [4.78, 5) is 8.26. The largest absolute Gasteiger partial charge is 0.393 e. The molecule has 0 atom stereocenters. The zero-order chi connectivity index (χ0) is 14.9. The van der Waals surface area contributed by atoms with E-state index in [2.05, 4.69) is 9.97 Å². The molecule has 0 amide bonds. The number of nitrogens with two attached hydrogens (primary N) is 1. The van der Waals surface area contributed by atoms with Crippen LogP contribution in [0.4, 0.5) is 5.82 Å². The lowest BCUT2D eigenvalue weighted by molar-refractivity contribution is -0.101. The Morgan fingerprint density at radius 1 is 1.40 bits per heavy atom. The molecule has 1 saturated carbocycles. The first-order chi connectivity index (χ1) is 9.54. The fourth-order valence-corrected chi connectivity index (χ4v) is 2.72. The molecule has 1 aliphatic rings. The number of nitrogen functional groups attached to an aromatic ring is 1. The predicted octanol–water partition coefficient (Wildman–Crippen LogP) is 1.41. The summed E-state index contributed by atoms with van der Waals surface area (Å²) in [5.74, 6) is 0.480. The maximum absolute atomic E-state index is 9.86. The van der Waals surface area contributed by atoms with E-state index in [0.717, 1.165) is 16.6 Å². The van der Waals surface area contributed by atoms with Gasteiger partial charge in [0.2, 0.25) is 0 Å². The minimum absolute atomic E-state index is 0.160. The van der Waals surface area contributed by atoms with Gasteiger partial charge in [-0.3, -0.25) is 0 Å². The molecule has 0 unspecified atom stereocenters. The zero-order valence-corrected chi connectivity index (χ0v) is 12.2. The fraction of sp³-hybridized carbons (Fsp3) is 0.571. The first-order valence-corrected chi connectivity index (χ1v) is 6.95. The highest BCUT2D eigenvalue weighted by atomic mass is 16.3. The van der Waals surface area contributed by atoms with E-state index in [4.69, 9.17) is 10.8 Å². The van der Waals surface area contributed by atoms with Crippen molar-refractivity contribution in [3.8, 4) is 0 Å². The zero-order valence-electron chi connectivity index (χ0n) is 12.2. The smallest absolute Gasteiger partial charge is 0.145 e. The highest BCUT2D eigenvalue weighted by molar-refractivity contribution is 5.89. The normalized spacial score (nSPS) is 24.9. The van der Waals surface area contributed by atoms with E-state index >= 15 is 0 Å². The Balaban J connectivity index is 0.000000704. The average Bonchev–Trinajstić information content (AvgIpc) is 2.76. The maximum atomic E-state index is 9.86. The van der Waals surface area contributed by atoms with Gasteiger partial charge in [0.25, 0.3) is 0 Å². The van der Waals surface area contributed by atoms with E-state index in [-0.39, 0.29) is 12.6 Å². The van der Waals surface area contributed by atoms with Crippen LogP contribution in [0.2, 0.25) is 0 Å². The standard InChI is InChI=1S/C12H16N4O2.C2H6/c1-7-4-16(8-2-12(18,3-8)5-17)11-9(7)10(13)14-6-15-11;1-2/h4,6,8,17-18H,2-3,5H2,1H3,(H2,13,14,15);1-2H3.